The molecule has 0 fully saturated rings. The molecule has 3 aromatic rings. The Morgan fingerprint density at radius 2 is 1.57 bits per heavy atom. The molecule has 0 heterocycles. The van der Waals surface area contributed by atoms with Gasteiger partial charge >= 0.3 is 0 Å². The minimum absolute atomic E-state index is 0.293. The van der Waals surface area contributed by atoms with Crippen LogP contribution in [0.2, 0.25) is 0 Å². The maximum atomic E-state index is 13.9. The predicted octanol–water partition coefficient (Wildman–Crippen LogP) is 5.00. The zero-order valence-corrected chi connectivity index (χ0v) is 17.0. The molecule has 5 nitrogen and oxygen atoms in total. The molecule has 3 N–H and O–H groups in total. The molecule has 7 heteroatoms. The first-order chi connectivity index (χ1) is 14.5. The van der Waals surface area contributed by atoms with Crippen LogP contribution in [0, 0.1) is 17.1 Å². The molecule has 3 rings (SSSR count). The van der Waals surface area contributed by atoms with Crippen LogP contribution in [0.25, 0.3) is 0 Å². The molecule has 0 spiro atoms. The van der Waals surface area contributed by atoms with Crippen LogP contribution in [0.5, 0.6) is 0 Å². The van der Waals surface area contributed by atoms with Gasteiger partial charge in [-0.05, 0) is 61.6 Å². The molecule has 0 radical (unpaired) electrons. The van der Waals surface area contributed by atoms with Crippen molar-refractivity contribution < 1.29 is 9.18 Å². The largest absolute Gasteiger partial charge is 0.356 e. The van der Waals surface area contributed by atoms with E-state index in [4.69, 9.17) is 17.5 Å². The molecule has 1 atom stereocenters. The molecule has 1 amide bonds. The smallest absolute Gasteiger partial charge is 0.257 e. The highest BCUT2D eigenvalue weighted by Crippen LogP contribution is 2.18. The van der Waals surface area contributed by atoms with Crippen LogP contribution in [0.15, 0.2) is 72.8 Å². The van der Waals surface area contributed by atoms with Crippen LogP contribution in [0.4, 0.5) is 15.8 Å². The Labute approximate surface area is 179 Å². The number of hydrogen-bond acceptors (Lipinski definition) is 3. The molecule has 0 aliphatic carbocycles. The summed E-state index contributed by atoms with van der Waals surface area (Å²) in [6.45, 7) is 1.82. The summed E-state index contributed by atoms with van der Waals surface area (Å²) in [6, 6.07) is 21.8. The first-order valence-electron chi connectivity index (χ1n) is 9.20. The third kappa shape index (κ3) is 5.19. The van der Waals surface area contributed by atoms with Crippen molar-refractivity contribution >= 4 is 34.6 Å². The van der Waals surface area contributed by atoms with Gasteiger partial charge in [-0.25, -0.2) is 4.39 Å². The summed E-state index contributed by atoms with van der Waals surface area (Å²) in [5.74, 6) is -0.651. The quantitative estimate of drug-likeness (QED) is 0.509. The number of thiocarbonyl (C=S) groups is 1. The predicted molar refractivity (Wildman–Crippen MR) is 120 cm³/mol. The fourth-order valence-corrected chi connectivity index (χ4v) is 3.18. The van der Waals surface area contributed by atoms with Crippen molar-refractivity contribution in [1.29, 1.82) is 5.26 Å². The molecule has 0 aliphatic heterocycles. The summed E-state index contributed by atoms with van der Waals surface area (Å²) >= 11 is 5.30. The molecule has 30 heavy (non-hydrogen) atoms. The van der Waals surface area contributed by atoms with Gasteiger partial charge in [0.05, 0.1) is 23.2 Å². The third-order valence-electron chi connectivity index (χ3n) is 4.41. The second-order valence-electron chi connectivity index (χ2n) is 6.53. The lowest BCUT2D eigenvalue weighted by atomic mass is 10.1. The Balaban J connectivity index is 1.59. The number of nitrogens with one attached hydrogen (secondary N) is 3. The zero-order valence-electron chi connectivity index (χ0n) is 16.1. The van der Waals surface area contributed by atoms with Crippen molar-refractivity contribution in [3.63, 3.8) is 0 Å². The van der Waals surface area contributed by atoms with Gasteiger partial charge in [-0.3, -0.25) is 4.79 Å². The number of anilines is 2. The highest BCUT2D eigenvalue weighted by atomic mass is 32.1. The molecule has 1 unspecified atom stereocenters. The average Bonchev–Trinajstić information content (AvgIpc) is 2.75. The van der Waals surface area contributed by atoms with E-state index in [1.807, 2.05) is 13.0 Å². The molecule has 0 saturated heterocycles. The van der Waals surface area contributed by atoms with Gasteiger partial charge in [-0.2, -0.15) is 5.26 Å². The van der Waals surface area contributed by atoms with Gasteiger partial charge in [0, 0.05) is 16.9 Å². The Morgan fingerprint density at radius 3 is 2.23 bits per heavy atom. The van der Waals surface area contributed by atoms with Crippen molar-refractivity contribution in [3.8, 4) is 6.07 Å². The van der Waals surface area contributed by atoms with E-state index in [1.54, 1.807) is 66.7 Å². The van der Waals surface area contributed by atoms with Crippen molar-refractivity contribution in [1.82, 2.24) is 5.32 Å². The summed E-state index contributed by atoms with van der Waals surface area (Å²) in [4.78, 5) is 12.4. The summed E-state index contributed by atoms with van der Waals surface area (Å²) in [6.07, 6.45) is 0. The molecule has 0 saturated carbocycles. The number of carbonyl (C=O) groups is 1. The summed E-state index contributed by atoms with van der Waals surface area (Å²) in [5.41, 5.74) is 2.45. The fraction of sp³-hybridized carbons (Fsp3) is 0.0870. The monoisotopic (exact) mass is 418 g/mol. The molecule has 150 valence electrons. The first kappa shape index (κ1) is 21.0. The molecule has 0 aliphatic rings. The van der Waals surface area contributed by atoms with Crippen molar-refractivity contribution in [2.24, 2.45) is 0 Å². The van der Waals surface area contributed by atoms with Gasteiger partial charge in [0.15, 0.2) is 5.11 Å². The number of rotatable bonds is 5. The second kappa shape index (κ2) is 9.63. The molecule has 0 aromatic heterocycles. The van der Waals surface area contributed by atoms with E-state index in [9.17, 15) is 9.18 Å². The molecular weight excluding hydrogens is 399 g/mol. The van der Waals surface area contributed by atoms with E-state index in [-0.39, 0.29) is 17.8 Å². The van der Waals surface area contributed by atoms with Gasteiger partial charge < -0.3 is 16.0 Å². The summed E-state index contributed by atoms with van der Waals surface area (Å²) < 4.78 is 13.9. The van der Waals surface area contributed by atoms with Gasteiger partial charge in [0.2, 0.25) is 0 Å². The number of halogens is 1. The number of nitrogens with zero attached hydrogens (tertiary/aromatic N) is 1. The second-order valence-corrected chi connectivity index (χ2v) is 6.94. The maximum Gasteiger partial charge on any atom is 0.257 e. The zero-order chi connectivity index (χ0) is 21.5. The van der Waals surface area contributed by atoms with Crippen LogP contribution >= 0.6 is 12.2 Å². The minimum atomic E-state index is -0.358. The Kier molecular flexibility index (Phi) is 6.73. The number of hydrogen-bond donors (Lipinski definition) is 3. The van der Waals surface area contributed by atoms with Crippen LogP contribution in [0.1, 0.15) is 34.5 Å². The van der Waals surface area contributed by atoms with E-state index < -0.39 is 0 Å². The minimum Gasteiger partial charge on any atom is -0.356 e. The van der Waals surface area contributed by atoms with E-state index in [0.717, 1.165) is 0 Å². The topological polar surface area (TPSA) is 76.9 Å². The third-order valence-corrected chi connectivity index (χ3v) is 4.63. The van der Waals surface area contributed by atoms with Crippen molar-refractivity contribution in [2.75, 3.05) is 10.6 Å². The van der Waals surface area contributed by atoms with Crippen molar-refractivity contribution in [3.05, 3.63) is 95.3 Å². The van der Waals surface area contributed by atoms with E-state index in [0.29, 0.717) is 33.2 Å². The lowest BCUT2D eigenvalue weighted by molar-refractivity contribution is 0.102. The Morgan fingerprint density at radius 1 is 0.967 bits per heavy atom. The molecule has 3 aromatic carbocycles. The Hall–Kier alpha value is -3.76. The highest BCUT2D eigenvalue weighted by molar-refractivity contribution is 7.80. The number of carbonyl (C=O) groups excluding carboxylic acids is 1. The van der Waals surface area contributed by atoms with Gasteiger partial charge in [0.25, 0.3) is 5.91 Å². The highest BCUT2D eigenvalue weighted by Gasteiger charge is 2.12. The lowest BCUT2D eigenvalue weighted by Gasteiger charge is -2.18. The van der Waals surface area contributed by atoms with E-state index >= 15 is 0 Å². The van der Waals surface area contributed by atoms with E-state index in [2.05, 4.69) is 16.0 Å². The number of nitriles is 1. The van der Waals surface area contributed by atoms with Crippen molar-refractivity contribution in [2.45, 2.75) is 13.0 Å². The summed E-state index contributed by atoms with van der Waals surface area (Å²) in [5, 5.41) is 18.3. The SMILES string of the molecule is CC(NC(=S)Nc1ccc(NC(=O)c2ccccc2C#N)cc1)c1ccccc1F. The van der Waals surface area contributed by atoms with Gasteiger partial charge in [-0.1, -0.05) is 30.3 Å². The normalized spacial score (nSPS) is 11.1. The average molecular weight is 418 g/mol. The van der Waals surface area contributed by atoms with Gasteiger partial charge in [-0.15, -0.1) is 0 Å². The standard InChI is InChI=1S/C23H19FN4OS/c1-15(19-7-4-5-9-21(19)24)26-23(30)28-18-12-10-17(11-13-18)27-22(29)20-8-3-2-6-16(20)14-25/h2-13,15H,1H3,(H,27,29)(H2,26,28,30). The van der Waals surface area contributed by atoms with Crippen LogP contribution in [0.3, 0.4) is 0 Å². The maximum absolute atomic E-state index is 13.9. The first-order valence-corrected chi connectivity index (χ1v) is 9.61. The number of benzene rings is 3. The van der Waals surface area contributed by atoms with Gasteiger partial charge in [0.1, 0.15) is 5.82 Å². The van der Waals surface area contributed by atoms with Crippen LogP contribution in [-0.2, 0) is 0 Å². The molecular formula is C23H19FN4OS. The van der Waals surface area contributed by atoms with Crippen LogP contribution < -0.4 is 16.0 Å². The van der Waals surface area contributed by atoms with Crippen LogP contribution in [-0.4, -0.2) is 11.0 Å². The Bertz CT molecular complexity index is 1110. The lowest BCUT2D eigenvalue weighted by Crippen LogP contribution is -2.31. The number of amides is 1. The molecule has 0 bridgehead atoms. The van der Waals surface area contributed by atoms with E-state index in [1.165, 1.54) is 6.07 Å². The fourth-order valence-electron chi connectivity index (χ4n) is 2.88. The summed E-state index contributed by atoms with van der Waals surface area (Å²) in [7, 11) is 0.